The number of rotatable bonds is 5. The number of nitrogens with one attached hydrogen (secondary N) is 1. The molecule has 0 unspecified atom stereocenters. The lowest BCUT2D eigenvalue weighted by atomic mass is 10.4. The van der Waals surface area contributed by atoms with Crippen LogP contribution in [0.3, 0.4) is 0 Å². The summed E-state index contributed by atoms with van der Waals surface area (Å²) in [5.41, 5.74) is 0. The molecular weight excluding hydrogens is 226 g/mol. The van der Waals surface area contributed by atoms with E-state index < -0.39 is 10.2 Å². The van der Waals surface area contributed by atoms with Crippen LogP contribution in [-0.2, 0) is 10.2 Å². The van der Waals surface area contributed by atoms with Crippen LogP contribution in [0, 0.1) is 0 Å². The zero-order valence-electron chi connectivity index (χ0n) is 10.4. The van der Waals surface area contributed by atoms with Gasteiger partial charge in [0, 0.05) is 38.8 Å². The summed E-state index contributed by atoms with van der Waals surface area (Å²) in [6.07, 6.45) is 0.851. The van der Waals surface area contributed by atoms with Crippen molar-refractivity contribution in [2.75, 3.05) is 32.7 Å². The predicted octanol–water partition coefficient (Wildman–Crippen LogP) is 0.257. The zero-order chi connectivity index (χ0) is 12.2. The second-order valence-electron chi connectivity index (χ2n) is 4.36. The molecular formula is C10H23N3O2S. The molecule has 0 spiro atoms. The van der Waals surface area contributed by atoms with Gasteiger partial charge in [-0.1, -0.05) is 6.92 Å². The summed E-state index contributed by atoms with van der Waals surface area (Å²) >= 11 is 0. The van der Waals surface area contributed by atoms with Crippen LogP contribution < -0.4 is 5.32 Å². The Morgan fingerprint density at radius 3 is 2.31 bits per heavy atom. The molecule has 6 heteroatoms. The molecule has 1 aliphatic heterocycles. The van der Waals surface area contributed by atoms with Crippen molar-refractivity contribution in [3.05, 3.63) is 0 Å². The van der Waals surface area contributed by atoms with Crippen molar-refractivity contribution in [2.24, 2.45) is 0 Å². The average molecular weight is 249 g/mol. The Balaban J connectivity index is 2.79. The molecule has 96 valence electrons. The first kappa shape index (κ1) is 13.9. The van der Waals surface area contributed by atoms with E-state index in [4.69, 9.17) is 0 Å². The molecule has 0 aliphatic carbocycles. The number of hydrogen-bond acceptors (Lipinski definition) is 3. The maximum atomic E-state index is 12.3. The minimum atomic E-state index is -3.26. The molecule has 0 atom stereocenters. The lowest BCUT2D eigenvalue weighted by molar-refractivity contribution is 0.287. The van der Waals surface area contributed by atoms with E-state index in [1.54, 1.807) is 8.61 Å². The topological polar surface area (TPSA) is 52.7 Å². The van der Waals surface area contributed by atoms with Gasteiger partial charge in [0.1, 0.15) is 0 Å². The minimum Gasteiger partial charge on any atom is -0.314 e. The van der Waals surface area contributed by atoms with Crippen LogP contribution in [0.2, 0.25) is 0 Å². The Labute approximate surface area is 99.0 Å². The summed E-state index contributed by atoms with van der Waals surface area (Å²) in [5.74, 6) is 0. The summed E-state index contributed by atoms with van der Waals surface area (Å²) < 4.78 is 27.9. The molecule has 16 heavy (non-hydrogen) atoms. The van der Waals surface area contributed by atoms with Crippen molar-refractivity contribution in [2.45, 2.75) is 33.2 Å². The van der Waals surface area contributed by atoms with Gasteiger partial charge in [-0.2, -0.15) is 17.0 Å². The molecule has 0 saturated carbocycles. The summed E-state index contributed by atoms with van der Waals surface area (Å²) in [7, 11) is -3.26. The molecule has 0 radical (unpaired) electrons. The van der Waals surface area contributed by atoms with E-state index in [9.17, 15) is 8.42 Å². The van der Waals surface area contributed by atoms with Crippen molar-refractivity contribution in [3.8, 4) is 0 Å². The monoisotopic (exact) mass is 249 g/mol. The Kier molecular flexibility index (Phi) is 5.17. The fourth-order valence-electron chi connectivity index (χ4n) is 1.88. The van der Waals surface area contributed by atoms with Gasteiger partial charge in [-0.15, -0.1) is 0 Å². The largest absolute Gasteiger partial charge is 0.314 e. The summed E-state index contributed by atoms with van der Waals surface area (Å²) in [4.78, 5) is 0. The first-order valence-electron chi connectivity index (χ1n) is 5.97. The van der Waals surface area contributed by atoms with Gasteiger partial charge in [0.15, 0.2) is 0 Å². The van der Waals surface area contributed by atoms with Crippen LogP contribution in [0.4, 0.5) is 0 Å². The van der Waals surface area contributed by atoms with E-state index in [2.05, 4.69) is 5.32 Å². The highest BCUT2D eigenvalue weighted by Gasteiger charge is 2.31. The molecule has 0 bridgehead atoms. The van der Waals surface area contributed by atoms with Gasteiger partial charge in [0.2, 0.25) is 0 Å². The molecule has 0 amide bonds. The normalized spacial score (nSPS) is 19.6. The highest BCUT2D eigenvalue weighted by atomic mass is 32.2. The van der Waals surface area contributed by atoms with E-state index >= 15 is 0 Å². The van der Waals surface area contributed by atoms with Crippen LogP contribution in [-0.4, -0.2) is 55.8 Å². The summed E-state index contributed by atoms with van der Waals surface area (Å²) in [6.45, 7) is 9.11. The molecule has 0 aromatic heterocycles. The standard InChI is InChI=1S/C10H23N3O2S/c1-4-7-13(10(2)3)16(14,15)12-8-5-11-6-9-12/h10-11H,4-9H2,1-3H3. The maximum Gasteiger partial charge on any atom is 0.282 e. The number of nitrogens with zero attached hydrogens (tertiary/aromatic N) is 2. The van der Waals surface area contributed by atoms with Gasteiger partial charge >= 0.3 is 0 Å². The molecule has 1 aliphatic rings. The van der Waals surface area contributed by atoms with E-state index in [1.807, 2.05) is 20.8 Å². The molecule has 0 aromatic carbocycles. The quantitative estimate of drug-likeness (QED) is 0.760. The van der Waals surface area contributed by atoms with Crippen molar-refractivity contribution in [1.29, 1.82) is 0 Å². The molecule has 1 N–H and O–H groups in total. The third kappa shape index (κ3) is 3.16. The van der Waals surface area contributed by atoms with Crippen molar-refractivity contribution < 1.29 is 8.42 Å². The summed E-state index contributed by atoms with van der Waals surface area (Å²) in [6, 6.07) is 0.0276. The fourth-order valence-corrected chi connectivity index (χ4v) is 3.77. The van der Waals surface area contributed by atoms with Crippen molar-refractivity contribution >= 4 is 10.2 Å². The van der Waals surface area contributed by atoms with Crippen LogP contribution in [0.25, 0.3) is 0 Å². The first-order valence-corrected chi connectivity index (χ1v) is 7.37. The first-order chi connectivity index (χ1) is 7.50. The van der Waals surface area contributed by atoms with E-state index in [0.29, 0.717) is 19.6 Å². The highest BCUT2D eigenvalue weighted by molar-refractivity contribution is 7.86. The third-order valence-corrected chi connectivity index (χ3v) is 4.93. The highest BCUT2D eigenvalue weighted by Crippen LogP contribution is 2.13. The molecule has 0 aromatic rings. The second-order valence-corrected chi connectivity index (χ2v) is 6.24. The van der Waals surface area contributed by atoms with Gasteiger partial charge in [-0.05, 0) is 20.3 Å². The van der Waals surface area contributed by atoms with Crippen molar-refractivity contribution in [1.82, 2.24) is 13.9 Å². The molecule has 1 heterocycles. The van der Waals surface area contributed by atoms with Gasteiger partial charge < -0.3 is 5.32 Å². The Bertz CT molecular complexity index is 297. The second kappa shape index (κ2) is 5.95. The van der Waals surface area contributed by atoms with Gasteiger partial charge in [0.25, 0.3) is 10.2 Å². The average Bonchev–Trinajstić information content (AvgIpc) is 2.26. The maximum absolute atomic E-state index is 12.3. The number of piperazine rings is 1. The molecule has 1 saturated heterocycles. The zero-order valence-corrected chi connectivity index (χ0v) is 11.3. The van der Waals surface area contributed by atoms with Gasteiger partial charge in [-0.25, -0.2) is 0 Å². The Morgan fingerprint density at radius 1 is 1.31 bits per heavy atom. The van der Waals surface area contributed by atoms with Gasteiger partial charge in [-0.3, -0.25) is 0 Å². The van der Waals surface area contributed by atoms with Crippen LogP contribution >= 0.6 is 0 Å². The SMILES string of the molecule is CCCN(C(C)C)S(=O)(=O)N1CCNCC1. The third-order valence-electron chi connectivity index (χ3n) is 2.72. The molecule has 5 nitrogen and oxygen atoms in total. The lowest BCUT2D eigenvalue weighted by Crippen LogP contribution is -2.53. The van der Waals surface area contributed by atoms with Crippen molar-refractivity contribution in [3.63, 3.8) is 0 Å². The van der Waals surface area contributed by atoms with Crippen LogP contribution in [0.5, 0.6) is 0 Å². The van der Waals surface area contributed by atoms with Crippen LogP contribution in [0.15, 0.2) is 0 Å². The van der Waals surface area contributed by atoms with Crippen LogP contribution in [0.1, 0.15) is 27.2 Å². The van der Waals surface area contributed by atoms with E-state index in [0.717, 1.165) is 19.5 Å². The van der Waals surface area contributed by atoms with Gasteiger partial charge in [0.05, 0.1) is 0 Å². The Morgan fingerprint density at radius 2 is 1.88 bits per heavy atom. The molecule has 1 rings (SSSR count). The minimum absolute atomic E-state index is 0.0276. The van der Waals surface area contributed by atoms with E-state index in [-0.39, 0.29) is 6.04 Å². The fraction of sp³-hybridized carbons (Fsp3) is 1.00. The lowest BCUT2D eigenvalue weighted by Gasteiger charge is -2.34. The number of hydrogen-bond donors (Lipinski definition) is 1. The molecule has 1 fully saturated rings. The van der Waals surface area contributed by atoms with E-state index in [1.165, 1.54) is 0 Å². The summed E-state index contributed by atoms with van der Waals surface area (Å²) in [5, 5.41) is 3.16. The smallest absolute Gasteiger partial charge is 0.282 e. The Hall–Kier alpha value is -0.170. The predicted molar refractivity (Wildman–Crippen MR) is 65.5 cm³/mol.